The van der Waals surface area contributed by atoms with Gasteiger partial charge in [-0.1, -0.05) is 0 Å². The van der Waals surface area contributed by atoms with Gasteiger partial charge >= 0.3 is 16.4 Å². The maximum Gasteiger partial charge on any atom is 0.418 e. The third kappa shape index (κ3) is 4.02. The van der Waals surface area contributed by atoms with Gasteiger partial charge in [0.25, 0.3) is 0 Å². The number of nitrogens with one attached hydrogen (secondary N) is 2. The lowest BCUT2D eigenvalue weighted by Gasteiger charge is -2.31. The minimum atomic E-state index is -4.83. The number of urea groups is 1. The molecule has 3 aliphatic heterocycles. The summed E-state index contributed by atoms with van der Waals surface area (Å²) in [5.74, 6) is -0.463. The van der Waals surface area contributed by atoms with E-state index < -0.39 is 46.6 Å². The van der Waals surface area contributed by atoms with Crippen molar-refractivity contribution in [2.75, 3.05) is 19.6 Å². The van der Waals surface area contributed by atoms with Crippen LogP contribution in [0, 0.1) is 0 Å². The summed E-state index contributed by atoms with van der Waals surface area (Å²) in [6.45, 7) is 0.957. The van der Waals surface area contributed by atoms with Crippen molar-refractivity contribution in [1.82, 2.24) is 20.6 Å². The number of halogens is 1. The molecule has 3 amide bonds. The van der Waals surface area contributed by atoms with E-state index in [0.29, 0.717) is 30.9 Å². The van der Waals surface area contributed by atoms with E-state index in [9.17, 15) is 22.4 Å². The van der Waals surface area contributed by atoms with Crippen molar-refractivity contribution in [3.05, 3.63) is 0 Å². The number of carbonyl (C=O) groups is 2. The second-order valence-electron chi connectivity index (χ2n) is 6.49. The van der Waals surface area contributed by atoms with Crippen molar-refractivity contribution >= 4 is 22.3 Å². The molecule has 0 aromatic rings. The van der Waals surface area contributed by atoms with Gasteiger partial charge in [0.15, 0.2) is 0 Å². The zero-order valence-corrected chi connectivity index (χ0v) is 14.2. The maximum atomic E-state index is 14.1. The van der Waals surface area contributed by atoms with Gasteiger partial charge in [0.2, 0.25) is 5.91 Å². The van der Waals surface area contributed by atoms with E-state index in [2.05, 4.69) is 14.9 Å². The molecule has 142 valence electrons. The monoisotopic (exact) mass is 380 g/mol. The molecule has 25 heavy (non-hydrogen) atoms. The van der Waals surface area contributed by atoms with Gasteiger partial charge in [-0.25, -0.2) is 9.18 Å². The Balaban J connectivity index is 1.66. The quantitative estimate of drug-likeness (QED) is 0.545. The second kappa shape index (κ2) is 7.02. The minimum Gasteiger partial charge on any atom is -0.349 e. The molecule has 0 unspecified atom stereocenters. The zero-order valence-electron chi connectivity index (χ0n) is 13.4. The first kappa shape index (κ1) is 18.3. The Labute approximate surface area is 144 Å². The molecule has 4 atom stereocenters. The van der Waals surface area contributed by atoms with E-state index in [1.165, 1.54) is 4.90 Å². The predicted octanol–water partition coefficient (Wildman–Crippen LogP) is -0.804. The summed E-state index contributed by atoms with van der Waals surface area (Å²) in [6.07, 6.45) is 0.658. The average Bonchev–Trinajstić information content (AvgIpc) is 2.68. The fourth-order valence-electron chi connectivity index (χ4n) is 3.56. The highest BCUT2D eigenvalue weighted by Crippen LogP contribution is 2.31. The normalized spacial score (nSPS) is 33.3. The largest absolute Gasteiger partial charge is 0.418 e. The predicted molar refractivity (Wildman–Crippen MR) is 82.3 cm³/mol. The minimum absolute atomic E-state index is 0.109. The number of alkyl halides is 1. The smallest absolute Gasteiger partial charge is 0.349 e. The summed E-state index contributed by atoms with van der Waals surface area (Å²) in [7, 11) is -4.83. The van der Waals surface area contributed by atoms with E-state index in [1.54, 1.807) is 0 Å². The molecular weight excluding hydrogens is 359 g/mol. The topological polar surface area (TPSA) is 128 Å². The fraction of sp³-hybridized carbons (Fsp3) is 0.846. The van der Waals surface area contributed by atoms with Gasteiger partial charge in [0.1, 0.15) is 12.2 Å². The Bertz CT molecular complexity index is 646. The van der Waals surface area contributed by atoms with Crippen molar-refractivity contribution in [3.8, 4) is 0 Å². The molecule has 3 aliphatic rings. The van der Waals surface area contributed by atoms with E-state index in [-0.39, 0.29) is 13.1 Å². The van der Waals surface area contributed by atoms with Gasteiger partial charge in [-0.15, -0.1) is 4.28 Å². The first-order chi connectivity index (χ1) is 11.8. The molecule has 0 aromatic carbocycles. The molecule has 3 fully saturated rings. The number of hydroxylamine groups is 2. The molecule has 12 heteroatoms. The molecule has 3 heterocycles. The lowest BCUT2D eigenvalue weighted by atomic mass is 9.99. The maximum absolute atomic E-state index is 14.1. The molecule has 3 saturated heterocycles. The van der Waals surface area contributed by atoms with E-state index >= 15 is 0 Å². The van der Waals surface area contributed by atoms with E-state index in [0.717, 1.165) is 6.42 Å². The van der Waals surface area contributed by atoms with Crippen LogP contribution in [0.25, 0.3) is 0 Å². The van der Waals surface area contributed by atoms with Crippen molar-refractivity contribution in [2.24, 2.45) is 0 Å². The van der Waals surface area contributed by atoms with Gasteiger partial charge in [-0.2, -0.15) is 13.5 Å². The summed E-state index contributed by atoms with van der Waals surface area (Å²) in [5, 5.41) is 6.20. The molecule has 10 nitrogen and oxygen atoms in total. The molecule has 0 spiro atoms. The van der Waals surface area contributed by atoms with Crippen molar-refractivity contribution < 1.29 is 31.2 Å². The number of piperidine rings is 1. The third-order valence-electron chi connectivity index (χ3n) is 4.77. The van der Waals surface area contributed by atoms with Crippen LogP contribution in [-0.4, -0.2) is 78.8 Å². The van der Waals surface area contributed by atoms with Gasteiger partial charge in [0, 0.05) is 13.1 Å². The van der Waals surface area contributed by atoms with Crippen LogP contribution in [0.4, 0.5) is 9.18 Å². The molecular formula is C13H21FN4O6S. The Kier molecular flexibility index (Phi) is 5.14. The number of amides is 3. The summed E-state index contributed by atoms with van der Waals surface area (Å²) in [6, 6.07) is -2.81. The highest BCUT2D eigenvalue weighted by atomic mass is 32.3. The van der Waals surface area contributed by atoms with Crippen molar-refractivity contribution in [1.29, 1.82) is 0 Å². The first-order valence-electron chi connectivity index (χ1n) is 8.18. The molecule has 2 bridgehead atoms. The van der Waals surface area contributed by atoms with E-state index in [4.69, 9.17) is 4.55 Å². The summed E-state index contributed by atoms with van der Waals surface area (Å²) in [5.41, 5.74) is 0. The molecule has 3 rings (SSSR count). The summed E-state index contributed by atoms with van der Waals surface area (Å²) < 4.78 is 48.9. The van der Waals surface area contributed by atoms with Crippen LogP contribution in [-0.2, 0) is 19.5 Å². The highest BCUT2D eigenvalue weighted by molar-refractivity contribution is 7.80. The summed E-state index contributed by atoms with van der Waals surface area (Å²) >= 11 is 0. The fourth-order valence-corrected chi connectivity index (χ4v) is 3.94. The third-order valence-corrected chi connectivity index (χ3v) is 5.12. The van der Waals surface area contributed by atoms with Gasteiger partial charge < -0.3 is 15.5 Å². The number of carbonyl (C=O) groups excluding carboxylic acids is 2. The first-order valence-corrected chi connectivity index (χ1v) is 9.55. The molecule has 0 radical (unpaired) electrons. The van der Waals surface area contributed by atoms with Crippen LogP contribution in [0.3, 0.4) is 0 Å². The highest BCUT2D eigenvalue weighted by Gasteiger charge is 2.49. The van der Waals surface area contributed by atoms with Crippen molar-refractivity contribution in [3.63, 3.8) is 0 Å². The molecule has 0 saturated carbocycles. The SMILES string of the molecule is O=C(N[C@@H]1CCCNC[C@H]1F)[C@@H]1CC[C@@H]2CN1C(=O)N2OS(=O)(=O)O. The van der Waals surface area contributed by atoms with Crippen LogP contribution in [0.1, 0.15) is 25.7 Å². The van der Waals surface area contributed by atoms with Crippen LogP contribution in [0.5, 0.6) is 0 Å². The number of rotatable bonds is 4. The Morgan fingerprint density at radius 3 is 2.84 bits per heavy atom. The second-order valence-corrected chi connectivity index (χ2v) is 7.49. The number of hydrogen-bond acceptors (Lipinski definition) is 6. The number of nitrogens with zero attached hydrogens (tertiary/aromatic N) is 2. The molecule has 0 aromatic heterocycles. The number of hydrogen-bond donors (Lipinski definition) is 3. The Morgan fingerprint density at radius 2 is 2.12 bits per heavy atom. The molecule has 0 aliphatic carbocycles. The lowest BCUT2D eigenvalue weighted by Crippen LogP contribution is -2.54. The number of fused-ring (bicyclic) bond motifs is 2. The molecule has 3 N–H and O–H groups in total. The van der Waals surface area contributed by atoms with Gasteiger partial charge in [-0.05, 0) is 32.2 Å². The Morgan fingerprint density at radius 1 is 1.36 bits per heavy atom. The van der Waals surface area contributed by atoms with Crippen LogP contribution >= 0.6 is 0 Å². The average molecular weight is 380 g/mol. The van der Waals surface area contributed by atoms with Crippen molar-refractivity contribution in [2.45, 2.75) is 50.0 Å². The van der Waals surface area contributed by atoms with Crippen LogP contribution in [0.15, 0.2) is 0 Å². The van der Waals surface area contributed by atoms with Crippen LogP contribution in [0.2, 0.25) is 0 Å². The Hall–Kier alpha value is -1.50. The van der Waals surface area contributed by atoms with Crippen LogP contribution < -0.4 is 10.6 Å². The summed E-state index contributed by atoms with van der Waals surface area (Å²) in [4.78, 5) is 26.0. The van der Waals surface area contributed by atoms with Gasteiger partial charge in [0.05, 0.1) is 12.1 Å². The zero-order chi connectivity index (χ0) is 18.2. The standard InChI is InChI=1S/C13H21FN4O6S/c14-9-6-15-5-1-2-10(9)16-12(19)11-4-3-8-7-17(11)13(20)18(8)24-25(21,22)23/h8-11,15H,1-7H2,(H,16,19)(H,21,22,23)/t8-,9-,10-,11+/m1/s1. The lowest BCUT2D eigenvalue weighted by molar-refractivity contribution is -0.127. The van der Waals surface area contributed by atoms with Gasteiger partial charge in [-0.3, -0.25) is 9.35 Å². The van der Waals surface area contributed by atoms with E-state index in [1.807, 2.05) is 0 Å².